The van der Waals surface area contributed by atoms with E-state index in [0.29, 0.717) is 11.4 Å². The average Bonchev–Trinajstić information content (AvgIpc) is 2.52. The first-order valence-corrected chi connectivity index (χ1v) is 9.25. The first-order valence-electron chi connectivity index (χ1n) is 7.77. The number of rotatable bonds is 8. The molecule has 5 heteroatoms. The second kappa shape index (κ2) is 8.51. The fraction of sp³-hybridized carbons (Fsp3) is 0.562. The van der Waals surface area contributed by atoms with Gasteiger partial charge in [0, 0.05) is 6.54 Å². The molecule has 0 aromatic heterocycles. The molecule has 1 N–H and O–H groups in total. The van der Waals surface area contributed by atoms with Crippen LogP contribution in [0.2, 0.25) is 0 Å². The number of hydrogen-bond acceptors (Lipinski definition) is 3. The van der Waals surface area contributed by atoms with Gasteiger partial charge in [-0.15, -0.1) is 0 Å². The normalized spacial score (nSPS) is 17.0. The van der Waals surface area contributed by atoms with E-state index in [4.69, 9.17) is 0 Å². The highest BCUT2D eigenvalue weighted by molar-refractivity contribution is 7.89. The van der Waals surface area contributed by atoms with Gasteiger partial charge >= 0.3 is 0 Å². The van der Waals surface area contributed by atoms with Gasteiger partial charge in [0.15, 0.2) is 0 Å². The van der Waals surface area contributed by atoms with Crippen molar-refractivity contribution in [1.82, 2.24) is 9.62 Å². The molecule has 0 spiro atoms. The molecule has 0 saturated carbocycles. The zero-order chi connectivity index (χ0) is 15.0. The largest absolute Gasteiger partial charge is 0.303 e. The molecule has 1 radical (unpaired) electrons. The van der Waals surface area contributed by atoms with Gasteiger partial charge in [0.1, 0.15) is 0 Å². The van der Waals surface area contributed by atoms with Gasteiger partial charge in [-0.1, -0.05) is 24.6 Å². The molecule has 1 aromatic carbocycles. The van der Waals surface area contributed by atoms with Crippen molar-refractivity contribution in [3.8, 4) is 0 Å². The predicted molar refractivity (Wildman–Crippen MR) is 85.5 cm³/mol. The number of piperidine rings is 1. The van der Waals surface area contributed by atoms with E-state index in [-0.39, 0.29) is 0 Å². The number of hydrogen-bond donors (Lipinski definition) is 1. The molecule has 2 rings (SSSR count). The van der Waals surface area contributed by atoms with Crippen LogP contribution < -0.4 is 4.72 Å². The lowest BCUT2D eigenvalue weighted by Crippen LogP contribution is -2.31. The highest BCUT2D eigenvalue weighted by Gasteiger charge is 2.12. The molecule has 1 heterocycles. The second-order valence-electron chi connectivity index (χ2n) is 5.48. The smallest absolute Gasteiger partial charge is 0.240 e. The van der Waals surface area contributed by atoms with Gasteiger partial charge in [-0.2, -0.15) is 0 Å². The third-order valence-corrected chi connectivity index (χ3v) is 5.27. The van der Waals surface area contributed by atoms with E-state index in [9.17, 15) is 8.42 Å². The Morgan fingerprint density at radius 3 is 2.43 bits per heavy atom. The molecule has 1 fully saturated rings. The van der Waals surface area contributed by atoms with E-state index in [2.05, 4.69) is 16.0 Å². The summed E-state index contributed by atoms with van der Waals surface area (Å²) in [4.78, 5) is 2.84. The van der Waals surface area contributed by atoms with Crippen molar-refractivity contribution in [3.05, 3.63) is 36.8 Å². The lowest BCUT2D eigenvalue weighted by molar-refractivity contribution is 0.248. The van der Waals surface area contributed by atoms with E-state index >= 15 is 0 Å². The number of benzene rings is 1. The van der Waals surface area contributed by atoms with Crippen LogP contribution in [0.25, 0.3) is 0 Å². The quantitative estimate of drug-likeness (QED) is 0.750. The van der Waals surface area contributed by atoms with Gasteiger partial charge in [0.2, 0.25) is 10.0 Å². The summed E-state index contributed by atoms with van der Waals surface area (Å²) in [5, 5.41) is 0. The molecule has 1 aromatic rings. The van der Waals surface area contributed by atoms with E-state index < -0.39 is 10.0 Å². The van der Waals surface area contributed by atoms with Crippen molar-refractivity contribution in [2.75, 3.05) is 26.2 Å². The van der Waals surface area contributed by atoms with Crippen LogP contribution in [0.1, 0.15) is 32.1 Å². The summed E-state index contributed by atoms with van der Waals surface area (Å²) in [5.41, 5.74) is 0. The van der Waals surface area contributed by atoms with Crippen molar-refractivity contribution < 1.29 is 8.42 Å². The standard InChI is InChI=1S/C16H25N2O2S/c19-21(20,16-10-4-1-5-11-16)17-12-6-2-7-13-18-14-8-3-9-15-18/h1,3-5,10-11,17H,2,6-9,12-15H2. The Morgan fingerprint density at radius 2 is 1.71 bits per heavy atom. The molecule has 0 bridgehead atoms. The molecule has 0 amide bonds. The summed E-state index contributed by atoms with van der Waals surface area (Å²) < 4.78 is 26.6. The summed E-state index contributed by atoms with van der Waals surface area (Å²) in [6.07, 6.45) is 7.87. The van der Waals surface area contributed by atoms with E-state index in [1.807, 2.05) is 6.07 Å². The Kier molecular flexibility index (Phi) is 6.67. The minimum absolute atomic E-state index is 0.342. The number of nitrogens with zero attached hydrogens (tertiary/aromatic N) is 1. The lowest BCUT2D eigenvalue weighted by atomic mass is 10.1. The van der Waals surface area contributed by atoms with Gasteiger partial charge < -0.3 is 4.90 Å². The van der Waals surface area contributed by atoms with Crippen LogP contribution in [0.4, 0.5) is 0 Å². The molecule has 1 aliphatic heterocycles. The van der Waals surface area contributed by atoms with E-state index in [1.54, 1.807) is 24.3 Å². The van der Waals surface area contributed by atoms with Crippen LogP contribution in [0, 0.1) is 6.42 Å². The molecule has 0 aliphatic carbocycles. The van der Waals surface area contributed by atoms with Gasteiger partial charge in [0.25, 0.3) is 0 Å². The second-order valence-corrected chi connectivity index (χ2v) is 7.25. The highest BCUT2D eigenvalue weighted by atomic mass is 32.2. The van der Waals surface area contributed by atoms with Gasteiger partial charge in [-0.05, 0) is 63.9 Å². The molecule has 0 atom stereocenters. The van der Waals surface area contributed by atoms with Gasteiger partial charge in [-0.3, -0.25) is 0 Å². The maximum absolute atomic E-state index is 12.0. The number of sulfonamides is 1. The average molecular weight is 309 g/mol. The third-order valence-electron chi connectivity index (χ3n) is 3.80. The summed E-state index contributed by atoms with van der Waals surface area (Å²) in [6, 6.07) is 8.54. The first-order chi connectivity index (χ1) is 10.2. The molecule has 4 nitrogen and oxygen atoms in total. The van der Waals surface area contributed by atoms with Crippen molar-refractivity contribution in [1.29, 1.82) is 0 Å². The Hall–Kier alpha value is -0.910. The van der Waals surface area contributed by atoms with Crippen molar-refractivity contribution in [3.63, 3.8) is 0 Å². The monoisotopic (exact) mass is 309 g/mol. The fourth-order valence-corrected chi connectivity index (χ4v) is 3.65. The van der Waals surface area contributed by atoms with Crippen LogP contribution in [0.3, 0.4) is 0 Å². The minimum Gasteiger partial charge on any atom is -0.303 e. The Morgan fingerprint density at radius 1 is 1.00 bits per heavy atom. The topological polar surface area (TPSA) is 49.4 Å². The fourth-order valence-electron chi connectivity index (χ4n) is 2.55. The van der Waals surface area contributed by atoms with Crippen LogP contribution in [-0.2, 0) is 10.0 Å². The van der Waals surface area contributed by atoms with Crippen molar-refractivity contribution in [2.24, 2.45) is 0 Å². The molecular weight excluding hydrogens is 284 g/mol. The van der Waals surface area contributed by atoms with Gasteiger partial charge in [-0.25, -0.2) is 13.1 Å². The predicted octanol–water partition coefficient (Wildman–Crippen LogP) is 2.44. The van der Waals surface area contributed by atoms with Crippen LogP contribution in [0.15, 0.2) is 35.2 Å². The first kappa shape index (κ1) is 16.5. The van der Waals surface area contributed by atoms with Crippen LogP contribution in [0.5, 0.6) is 0 Å². The molecule has 1 saturated heterocycles. The number of unbranched alkanes of at least 4 members (excludes halogenated alkanes) is 2. The van der Waals surface area contributed by atoms with Crippen molar-refractivity contribution >= 4 is 10.0 Å². The highest BCUT2D eigenvalue weighted by Crippen LogP contribution is 2.10. The molecule has 117 valence electrons. The molecule has 1 aliphatic rings. The Balaban J connectivity index is 1.59. The Bertz CT molecular complexity index is 496. The van der Waals surface area contributed by atoms with E-state index in [1.165, 1.54) is 25.9 Å². The summed E-state index contributed by atoms with van der Waals surface area (Å²) in [7, 11) is -3.33. The Labute approximate surface area is 128 Å². The van der Waals surface area contributed by atoms with Crippen molar-refractivity contribution in [2.45, 2.75) is 37.0 Å². The van der Waals surface area contributed by atoms with Gasteiger partial charge in [0.05, 0.1) is 4.90 Å². The zero-order valence-electron chi connectivity index (χ0n) is 12.5. The molecule has 0 unspecified atom stereocenters. The summed E-state index contributed by atoms with van der Waals surface area (Å²) in [6.45, 7) is 4.02. The minimum atomic E-state index is -3.33. The maximum atomic E-state index is 12.0. The SMILES string of the molecule is O=S(=O)(NCCCCCN1CC[CH]CC1)c1ccccc1. The molecule has 21 heavy (non-hydrogen) atoms. The lowest BCUT2D eigenvalue weighted by Gasteiger charge is -2.26. The number of nitrogens with one attached hydrogen (secondary N) is 1. The summed E-state index contributed by atoms with van der Waals surface area (Å²) in [5.74, 6) is 0. The van der Waals surface area contributed by atoms with E-state index in [0.717, 1.165) is 25.8 Å². The van der Waals surface area contributed by atoms with Crippen LogP contribution >= 0.6 is 0 Å². The zero-order valence-corrected chi connectivity index (χ0v) is 13.3. The number of likely N-dealkylation sites (tertiary alicyclic amines) is 1. The molecular formula is C16H25N2O2S. The van der Waals surface area contributed by atoms with Crippen LogP contribution in [-0.4, -0.2) is 39.5 Å². The summed E-state index contributed by atoms with van der Waals surface area (Å²) >= 11 is 0. The third kappa shape index (κ3) is 5.77. The maximum Gasteiger partial charge on any atom is 0.240 e.